The van der Waals surface area contributed by atoms with Crippen LogP contribution in [0.15, 0.2) is 0 Å². The van der Waals surface area contributed by atoms with Gasteiger partial charge < -0.3 is 9.84 Å². The maximum Gasteiger partial charge on any atom is 0.0631 e. The van der Waals surface area contributed by atoms with Crippen LogP contribution in [-0.4, -0.2) is 23.4 Å². The van der Waals surface area contributed by atoms with Crippen molar-refractivity contribution in [1.29, 1.82) is 0 Å². The number of ether oxygens (including phenoxy) is 1. The van der Waals surface area contributed by atoms with Gasteiger partial charge in [-0.25, -0.2) is 0 Å². The standard InChI is InChI=1S/C14H26O2/c1-13(2)9-6-12(16-13)10-14(11-15)7-4-3-5-8-14/h12,15H,3-11H2,1-2H3. The molecule has 2 nitrogen and oxygen atoms in total. The maximum atomic E-state index is 9.68. The molecule has 1 saturated carbocycles. The summed E-state index contributed by atoms with van der Waals surface area (Å²) in [6.07, 6.45) is 10.1. The third kappa shape index (κ3) is 2.78. The molecule has 0 amide bonds. The van der Waals surface area contributed by atoms with Crippen molar-refractivity contribution in [3.05, 3.63) is 0 Å². The zero-order valence-corrected chi connectivity index (χ0v) is 10.8. The predicted molar refractivity (Wildman–Crippen MR) is 65.4 cm³/mol. The Morgan fingerprint density at radius 3 is 2.31 bits per heavy atom. The summed E-state index contributed by atoms with van der Waals surface area (Å²) in [4.78, 5) is 0. The topological polar surface area (TPSA) is 29.5 Å². The summed E-state index contributed by atoms with van der Waals surface area (Å²) in [5.74, 6) is 0. The molecule has 1 N–H and O–H groups in total. The Morgan fingerprint density at radius 2 is 1.81 bits per heavy atom. The highest BCUT2D eigenvalue weighted by Gasteiger charge is 2.39. The van der Waals surface area contributed by atoms with Crippen LogP contribution in [0.2, 0.25) is 0 Å². The number of rotatable bonds is 3. The van der Waals surface area contributed by atoms with Crippen LogP contribution in [0.1, 0.15) is 65.2 Å². The molecular weight excluding hydrogens is 200 g/mol. The van der Waals surface area contributed by atoms with Crippen LogP contribution in [0.5, 0.6) is 0 Å². The fourth-order valence-corrected chi connectivity index (χ4v) is 3.43. The fourth-order valence-electron chi connectivity index (χ4n) is 3.43. The van der Waals surface area contributed by atoms with Crippen LogP contribution in [0.25, 0.3) is 0 Å². The van der Waals surface area contributed by atoms with Gasteiger partial charge >= 0.3 is 0 Å². The minimum atomic E-state index is 0.0655. The van der Waals surface area contributed by atoms with Crippen molar-refractivity contribution in [3.8, 4) is 0 Å². The molecule has 1 aliphatic heterocycles. The largest absolute Gasteiger partial charge is 0.396 e. The third-order valence-corrected chi connectivity index (χ3v) is 4.46. The summed E-state index contributed by atoms with van der Waals surface area (Å²) in [6.45, 7) is 4.71. The van der Waals surface area contributed by atoms with E-state index in [1.807, 2.05) is 0 Å². The predicted octanol–water partition coefficient (Wildman–Crippen LogP) is 3.28. The number of hydrogen-bond acceptors (Lipinski definition) is 2. The molecule has 16 heavy (non-hydrogen) atoms. The van der Waals surface area contributed by atoms with Crippen LogP contribution in [-0.2, 0) is 4.74 Å². The molecule has 0 radical (unpaired) electrons. The van der Waals surface area contributed by atoms with E-state index in [9.17, 15) is 5.11 Å². The second kappa shape index (κ2) is 4.66. The Morgan fingerprint density at radius 1 is 1.12 bits per heavy atom. The summed E-state index contributed by atoms with van der Waals surface area (Å²) < 4.78 is 6.07. The van der Waals surface area contributed by atoms with E-state index >= 15 is 0 Å². The fraction of sp³-hybridized carbons (Fsp3) is 1.00. The Kier molecular flexibility index (Phi) is 3.60. The van der Waals surface area contributed by atoms with Gasteiger partial charge in [-0.05, 0) is 51.4 Å². The Balaban J connectivity index is 1.91. The molecule has 2 rings (SSSR count). The van der Waals surface area contributed by atoms with E-state index in [4.69, 9.17) is 4.74 Å². The van der Waals surface area contributed by atoms with Crippen molar-refractivity contribution in [1.82, 2.24) is 0 Å². The van der Waals surface area contributed by atoms with E-state index in [0.717, 1.165) is 6.42 Å². The lowest BCUT2D eigenvalue weighted by molar-refractivity contribution is -0.0514. The molecule has 2 fully saturated rings. The monoisotopic (exact) mass is 226 g/mol. The molecule has 0 spiro atoms. The normalized spacial score (nSPS) is 32.8. The van der Waals surface area contributed by atoms with Gasteiger partial charge in [0, 0.05) is 6.61 Å². The number of aliphatic hydroxyl groups excluding tert-OH is 1. The summed E-state index contributed by atoms with van der Waals surface area (Å²) in [6, 6.07) is 0. The lowest BCUT2D eigenvalue weighted by Gasteiger charge is -2.37. The minimum Gasteiger partial charge on any atom is -0.396 e. The first-order valence-electron chi connectivity index (χ1n) is 6.84. The first-order valence-corrected chi connectivity index (χ1v) is 6.84. The average molecular weight is 226 g/mol. The first-order chi connectivity index (χ1) is 7.55. The van der Waals surface area contributed by atoms with Crippen LogP contribution in [0, 0.1) is 5.41 Å². The van der Waals surface area contributed by atoms with Gasteiger partial charge in [-0.15, -0.1) is 0 Å². The number of aliphatic hydroxyl groups is 1. The van der Waals surface area contributed by atoms with E-state index < -0.39 is 0 Å². The van der Waals surface area contributed by atoms with Crippen LogP contribution >= 0.6 is 0 Å². The van der Waals surface area contributed by atoms with Gasteiger partial charge in [0.25, 0.3) is 0 Å². The van der Waals surface area contributed by atoms with Crippen molar-refractivity contribution in [2.75, 3.05) is 6.61 Å². The zero-order chi connectivity index (χ0) is 11.6. The van der Waals surface area contributed by atoms with Crippen LogP contribution < -0.4 is 0 Å². The molecule has 0 bridgehead atoms. The summed E-state index contributed by atoms with van der Waals surface area (Å²) >= 11 is 0. The van der Waals surface area contributed by atoms with Gasteiger partial charge in [0.1, 0.15) is 0 Å². The van der Waals surface area contributed by atoms with E-state index in [0.29, 0.717) is 12.7 Å². The molecule has 0 aromatic rings. The summed E-state index contributed by atoms with van der Waals surface area (Å²) in [5.41, 5.74) is 0.249. The van der Waals surface area contributed by atoms with Gasteiger partial charge in [0.05, 0.1) is 11.7 Å². The molecule has 1 saturated heterocycles. The second-order valence-electron chi connectivity index (χ2n) is 6.46. The maximum absolute atomic E-state index is 9.68. The molecule has 1 heterocycles. The molecule has 2 heteroatoms. The number of hydrogen-bond donors (Lipinski definition) is 1. The van der Waals surface area contributed by atoms with E-state index in [-0.39, 0.29) is 11.0 Å². The lowest BCUT2D eigenvalue weighted by atomic mass is 9.71. The molecule has 0 aromatic heterocycles. The van der Waals surface area contributed by atoms with Crippen molar-refractivity contribution in [2.45, 2.75) is 76.9 Å². The average Bonchev–Trinajstić information content (AvgIpc) is 2.59. The van der Waals surface area contributed by atoms with Gasteiger partial charge in [0.15, 0.2) is 0 Å². The summed E-state index contributed by atoms with van der Waals surface area (Å²) in [7, 11) is 0. The Hall–Kier alpha value is -0.0800. The van der Waals surface area contributed by atoms with E-state index in [1.54, 1.807) is 0 Å². The molecule has 1 aliphatic carbocycles. The van der Waals surface area contributed by atoms with Crippen LogP contribution in [0.3, 0.4) is 0 Å². The first kappa shape index (κ1) is 12.4. The van der Waals surface area contributed by atoms with Crippen molar-refractivity contribution >= 4 is 0 Å². The van der Waals surface area contributed by atoms with E-state index in [1.165, 1.54) is 44.9 Å². The van der Waals surface area contributed by atoms with Crippen LogP contribution in [0.4, 0.5) is 0 Å². The van der Waals surface area contributed by atoms with Gasteiger partial charge in [-0.1, -0.05) is 19.3 Å². The highest BCUT2D eigenvalue weighted by molar-refractivity contribution is 4.89. The second-order valence-corrected chi connectivity index (χ2v) is 6.46. The molecule has 1 unspecified atom stereocenters. The quantitative estimate of drug-likeness (QED) is 0.800. The summed E-state index contributed by atoms with van der Waals surface area (Å²) in [5, 5.41) is 9.68. The van der Waals surface area contributed by atoms with Crippen molar-refractivity contribution in [2.24, 2.45) is 5.41 Å². The van der Waals surface area contributed by atoms with E-state index in [2.05, 4.69) is 13.8 Å². The molecule has 94 valence electrons. The third-order valence-electron chi connectivity index (χ3n) is 4.46. The molecular formula is C14H26O2. The van der Waals surface area contributed by atoms with Gasteiger partial charge in [0.2, 0.25) is 0 Å². The highest BCUT2D eigenvalue weighted by atomic mass is 16.5. The smallest absolute Gasteiger partial charge is 0.0631 e. The SMILES string of the molecule is CC1(C)CCC(CC2(CO)CCCCC2)O1. The lowest BCUT2D eigenvalue weighted by Crippen LogP contribution is -2.33. The van der Waals surface area contributed by atoms with Gasteiger partial charge in [-0.2, -0.15) is 0 Å². The van der Waals surface area contributed by atoms with Gasteiger partial charge in [-0.3, -0.25) is 0 Å². The van der Waals surface area contributed by atoms with Crippen molar-refractivity contribution in [3.63, 3.8) is 0 Å². The molecule has 0 aromatic carbocycles. The minimum absolute atomic E-state index is 0.0655. The van der Waals surface area contributed by atoms with Crippen molar-refractivity contribution < 1.29 is 9.84 Å². The Bertz CT molecular complexity index is 229. The molecule has 2 aliphatic rings. The highest BCUT2D eigenvalue weighted by Crippen LogP contribution is 2.43. The Labute approximate surface area is 99.4 Å². The zero-order valence-electron chi connectivity index (χ0n) is 10.8. The molecule has 1 atom stereocenters.